The first-order valence-electron chi connectivity index (χ1n) is 6.83. The normalized spacial score (nSPS) is 12.7. The van der Waals surface area contributed by atoms with Crippen LogP contribution in [0, 0.1) is 31.1 Å². The molecule has 116 valence electrons. The van der Waals surface area contributed by atoms with Crippen LogP contribution in [0.3, 0.4) is 0 Å². The molecule has 0 amide bonds. The molecule has 0 aliphatic heterocycles. The van der Waals surface area contributed by atoms with Crippen LogP contribution in [0.25, 0.3) is 0 Å². The fraction of sp³-hybridized carbons (Fsp3) is 0.533. The summed E-state index contributed by atoms with van der Waals surface area (Å²) in [5.74, 6) is 0.491. The Kier molecular flexibility index (Phi) is 6.50. The molecule has 0 fully saturated rings. The Morgan fingerprint density at radius 3 is 2.33 bits per heavy atom. The first kappa shape index (κ1) is 17.8. The van der Waals surface area contributed by atoms with E-state index < -0.39 is 9.05 Å². The number of nitriles is 1. The lowest BCUT2D eigenvalue weighted by Gasteiger charge is -2.18. The van der Waals surface area contributed by atoms with Crippen LogP contribution in [0.2, 0.25) is 0 Å². The number of benzene rings is 1. The summed E-state index contributed by atoms with van der Waals surface area (Å²) in [6.07, 6.45) is 1.60. The Morgan fingerprint density at radius 2 is 1.90 bits per heavy atom. The van der Waals surface area contributed by atoms with E-state index in [1.807, 2.05) is 20.8 Å². The number of hydrogen-bond acceptors (Lipinski definition) is 4. The minimum atomic E-state index is -3.53. The largest absolute Gasteiger partial charge is 0.493 e. The van der Waals surface area contributed by atoms with Crippen LogP contribution in [-0.2, 0) is 9.05 Å². The molecular weight excluding hydrogens is 310 g/mol. The number of aryl methyl sites for hydroxylation is 2. The van der Waals surface area contributed by atoms with Gasteiger partial charge in [0.15, 0.2) is 0 Å². The maximum Gasteiger partial charge on any atom is 0.232 e. The van der Waals surface area contributed by atoms with Crippen molar-refractivity contribution >= 4 is 19.7 Å². The summed E-state index contributed by atoms with van der Waals surface area (Å²) in [6, 6.07) is 5.62. The van der Waals surface area contributed by atoms with Crippen LogP contribution in [0.15, 0.2) is 12.1 Å². The molecule has 1 unspecified atom stereocenters. The SMILES string of the molecule is CCCC(COc1c(C)cc(C#N)cc1C)CS(=O)(=O)Cl. The fourth-order valence-corrected chi connectivity index (χ4v) is 3.71. The molecule has 1 atom stereocenters. The Hall–Kier alpha value is -1.25. The van der Waals surface area contributed by atoms with Gasteiger partial charge in [0.1, 0.15) is 5.75 Å². The summed E-state index contributed by atoms with van der Waals surface area (Å²) in [4.78, 5) is 0. The van der Waals surface area contributed by atoms with E-state index in [0.29, 0.717) is 17.9 Å². The predicted molar refractivity (Wildman–Crippen MR) is 84.2 cm³/mol. The molecule has 0 spiro atoms. The molecule has 0 N–H and O–H groups in total. The van der Waals surface area contributed by atoms with Crippen molar-refractivity contribution in [3.8, 4) is 11.8 Å². The monoisotopic (exact) mass is 329 g/mol. The van der Waals surface area contributed by atoms with Crippen LogP contribution < -0.4 is 4.74 Å². The highest BCUT2D eigenvalue weighted by Crippen LogP contribution is 2.26. The van der Waals surface area contributed by atoms with Gasteiger partial charge in [-0.05, 0) is 43.5 Å². The summed E-state index contributed by atoms with van der Waals surface area (Å²) < 4.78 is 28.2. The van der Waals surface area contributed by atoms with Gasteiger partial charge in [0.2, 0.25) is 9.05 Å². The fourth-order valence-electron chi connectivity index (χ4n) is 2.35. The molecule has 0 radical (unpaired) electrons. The molecule has 1 aromatic rings. The van der Waals surface area contributed by atoms with Gasteiger partial charge >= 0.3 is 0 Å². The van der Waals surface area contributed by atoms with E-state index in [-0.39, 0.29) is 11.7 Å². The number of rotatable bonds is 7. The van der Waals surface area contributed by atoms with Gasteiger partial charge in [-0.15, -0.1) is 0 Å². The quantitative estimate of drug-likeness (QED) is 0.717. The summed E-state index contributed by atoms with van der Waals surface area (Å²) >= 11 is 0. The van der Waals surface area contributed by atoms with E-state index in [2.05, 4.69) is 6.07 Å². The van der Waals surface area contributed by atoms with E-state index >= 15 is 0 Å². The van der Waals surface area contributed by atoms with Crippen LogP contribution in [-0.4, -0.2) is 20.8 Å². The van der Waals surface area contributed by atoms with E-state index in [1.54, 1.807) is 12.1 Å². The minimum absolute atomic E-state index is 0.0865. The topological polar surface area (TPSA) is 67.2 Å². The van der Waals surface area contributed by atoms with Crippen molar-refractivity contribution in [3.05, 3.63) is 28.8 Å². The van der Waals surface area contributed by atoms with Crippen molar-refractivity contribution in [3.63, 3.8) is 0 Å². The van der Waals surface area contributed by atoms with Crippen molar-refractivity contribution in [2.24, 2.45) is 5.92 Å². The van der Waals surface area contributed by atoms with E-state index in [4.69, 9.17) is 20.7 Å². The highest BCUT2D eigenvalue weighted by atomic mass is 35.7. The molecule has 0 aliphatic rings. The molecule has 6 heteroatoms. The summed E-state index contributed by atoms with van der Waals surface area (Å²) in [7, 11) is 1.80. The third-order valence-corrected chi connectivity index (χ3v) is 4.43. The van der Waals surface area contributed by atoms with Crippen molar-refractivity contribution in [2.75, 3.05) is 12.4 Å². The Labute approximate surface area is 131 Å². The minimum Gasteiger partial charge on any atom is -0.493 e. The van der Waals surface area contributed by atoms with Gasteiger partial charge in [0.05, 0.1) is 24.0 Å². The first-order valence-corrected chi connectivity index (χ1v) is 9.31. The van der Waals surface area contributed by atoms with Crippen molar-refractivity contribution in [2.45, 2.75) is 33.6 Å². The zero-order valence-corrected chi connectivity index (χ0v) is 14.1. The first-order chi connectivity index (χ1) is 9.76. The molecule has 1 aromatic carbocycles. The summed E-state index contributed by atoms with van der Waals surface area (Å²) in [6.45, 7) is 6.03. The third kappa shape index (κ3) is 5.94. The van der Waals surface area contributed by atoms with Gasteiger partial charge in [-0.3, -0.25) is 0 Å². The molecule has 0 aliphatic carbocycles. The van der Waals surface area contributed by atoms with Crippen molar-refractivity contribution in [1.82, 2.24) is 0 Å². The number of hydrogen-bond donors (Lipinski definition) is 0. The predicted octanol–water partition coefficient (Wildman–Crippen LogP) is 3.54. The molecule has 0 aromatic heterocycles. The molecule has 4 nitrogen and oxygen atoms in total. The maximum atomic E-state index is 11.2. The highest BCUT2D eigenvalue weighted by molar-refractivity contribution is 8.13. The zero-order valence-electron chi connectivity index (χ0n) is 12.5. The van der Waals surface area contributed by atoms with E-state index in [9.17, 15) is 8.42 Å². The second kappa shape index (κ2) is 7.67. The van der Waals surface area contributed by atoms with Crippen LogP contribution in [0.5, 0.6) is 5.75 Å². The molecular formula is C15H20ClNO3S. The van der Waals surface area contributed by atoms with Gasteiger partial charge in [-0.25, -0.2) is 8.42 Å². The molecule has 0 bridgehead atoms. The molecule has 0 saturated heterocycles. The lowest BCUT2D eigenvalue weighted by Crippen LogP contribution is -2.20. The molecule has 0 saturated carbocycles. The third-order valence-electron chi connectivity index (χ3n) is 3.18. The standard InChI is InChI=1S/C15H20ClNO3S/c1-4-5-13(10-21(16,18)19)9-20-15-11(2)6-14(8-17)7-12(15)3/h6-7,13H,4-5,9-10H2,1-3H3. The second-order valence-electron chi connectivity index (χ2n) is 5.22. The average Bonchev–Trinajstić information content (AvgIpc) is 2.35. The summed E-state index contributed by atoms with van der Waals surface area (Å²) in [5.41, 5.74) is 2.33. The maximum absolute atomic E-state index is 11.2. The van der Waals surface area contributed by atoms with Gasteiger partial charge in [-0.2, -0.15) is 5.26 Å². The summed E-state index contributed by atoms with van der Waals surface area (Å²) in [5, 5.41) is 8.92. The van der Waals surface area contributed by atoms with E-state index in [0.717, 1.165) is 24.0 Å². The van der Waals surface area contributed by atoms with Crippen molar-refractivity contribution < 1.29 is 13.2 Å². The molecule has 21 heavy (non-hydrogen) atoms. The van der Waals surface area contributed by atoms with Gasteiger partial charge in [-0.1, -0.05) is 13.3 Å². The number of nitrogens with zero attached hydrogens (tertiary/aromatic N) is 1. The number of halogens is 1. The lowest BCUT2D eigenvalue weighted by atomic mass is 10.1. The second-order valence-corrected chi connectivity index (χ2v) is 8.04. The van der Waals surface area contributed by atoms with Gasteiger partial charge < -0.3 is 4.74 Å². The van der Waals surface area contributed by atoms with Crippen LogP contribution in [0.4, 0.5) is 0 Å². The molecule has 1 rings (SSSR count). The van der Waals surface area contributed by atoms with E-state index in [1.165, 1.54) is 0 Å². The Balaban J connectivity index is 2.83. The smallest absolute Gasteiger partial charge is 0.232 e. The van der Waals surface area contributed by atoms with Crippen LogP contribution in [0.1, 0.15) is 36.5 Å². The zero-order chi connectivity index (χ0) is 16.0. The highest BCUT2D eigenvalue weighted by Gasteiger charge is 2.18. The Bertz CT molecular complexity index is 612. The lowest BCUT2D eigenvalue weighted by molar-refractivity contribution is 0.250. The molecule has 0 heterocycles. The van der Waals surface area contributed by atoms with Crippen molar-refractivity contribution in [1.29, 1.82) is 5.26 Å². The van der Waals surface area contributed by atoms with Crippen LogP contribution >= 0.6 is 10.7 Å². The Morgan fingerprint density at radius 1 is 1.33 bits per heavy atom. The van der Waals surface area contributed by atoms with Gasteiger partial charge in [0, 0.05) is 16.6 Å². The van der Waals surface area contributed by atoms with Gasteiger partial charge in [0.25, 0.3) is 0 Å². The average molecular weight is 330 g/mol. The number of ether oxygens (including phenoxy) is 1.